The fourth-order valence-corrected chi connectivity index (χ4v) is 3.45. The van der Waals surface area contributed by atoms with E-state index < -0.39 is 0 Å². The van der Waals surface area contributed by atoms with Crippen LogP contribution in [0.15, 0.2) is 47.6 Å². The zero-order valence-electron chi connectivity index (χ0n) is 15.7. The van der Waals surface area contributed by atoms with Gasteiger partial charge in [0.2, 0.25) is 11.1 Å². The molecule has 9 heteroatoms. The largest absolute Gasteiger partial charge is 0.494 e. The van der Waals surface area contributed by atoms with Crippen LogP contribution in [0.1, 0.15) is 24.1 Å². The number of rotatable bonds is 7. The average molecular weight is 418 g/mol. The number of carbonyl (C=O) groups excluding carboxylic acids is 1. The van der Waals surface area contributed by atoms with Crippen molar-refractivity contribution in [2.75, 3.05) is 12.9 Å². The van der Waals surface area contributed by atoms with Crippen molar-refractivity contribution < 1.29 is 9.53 Å². The molecule has 1 aromatic heterocycles. The smallest absolute Gasteiger partial charge is 0.230 e. The predicted octanol–water partition coefficient (Wildman–Crippen LogP) is 3.60. The molecule has 0 saturated heterocycles. The molecule has 1 atom stereocenters. The monoisotopic (exact) mass is 417 g/mol. The summed E-state index contributed by atoms with van der Waals surface area (Å²) in [7, 11) is 1.59. The number of nitrogens with zero attached hydrogens (tertiary/aromatic N) is 4. The molecule has 1 amide bonds. The number of methoxy groups -OCH3 is 1. The normalized spacial score (nSPS) is 11.9. The number of thioether (sulfide) groups is 1. The van der Waals surface area contributed by atoms with E-state index in [0.717, 1.165) is 16.8 Å². The molecule has 1 N–H and O–H groups in total. The van der Waals surface area contributed by atoms with Crippen molar-refractivity contribution in [3.05, 3.63) is 58.6 Å². The first-order chi connectivity index (χ1) is 13.5. The molecular formula is C19H20ClN5O2S. The molecule has 0 bridgehead atoms. The minimum absolute atomic E-state index is 0.113. The zero-order valence-corrected chi connectivity index (χ0v) is 17.3. The van der Waals surface area contributed by atoms with Crippen LogP contribution >= 0.6 is 23.4 Å². The highest BCUT2D eigenvalue weighted by Gasteiger charge is 2.16. The molecule has 3 aromatic rings. The van der Waals surface area contributed by atoms with Gasteiger partial charge >= 0.3 is 0 Å². The van der Waals surface area contributed by atoms with Gasteiger partial charge in [0, 0.05) is 5.02 Å². The molecule has 0 saturated carbocycles. The van der Waals surface area contributed by atoms with E-state index in [1.807, 2.05) is 44.2 Å². The molecule has 0 unspecified atom stereocenters. The van der Waals surface area contributed by atoms with Gasteiger partial charge in [0.15, 0.2) is 0 Å². The number of halogens is 1. The summed E-state index contributed by atoms with van der Waals surface area (Å²) in [5, 5.41) is 16.0. The Balaban J connectivity index is 1.66. The SMILES string of the molecule is COc1ccc(C)cc1-n1nnnc1SCC(=O)N[C@H](C)c1ccc(Cl)cc1. The molecule has 0 aliphatic carbocycles. The first-order valence-electron chi connectivity index (χ1n) is 8.59. The maximum Gasteiger partial charge on any atom is 0.230 e. The maximum absolute atomic E-state index is 12.4. The zero-order chi connectivity index (χ0) is 20.1. The minimum Gasteiger partial charge on any atom is -0.494 e. The fourth-order valence-electron chi connectivity index (χ4n) is 2.63. The highest BCUT2D eigenvalue weighted by molar-refractivity contribution is 7.99. The summed E-state index contributed by atoms with van der Waals surface area (Å²) in [6, 6.07) is 13.0. The van der Waals surface area contributed by atoms with Crippen LogP contribution in [0.25, 0.3) is 5.69 Å². The quantitative estimate of drug-likeness (QED) is 0.591. The summed E-state index contributed by atoms with van der Waals surface area (Å²) in [6.45, 7) is 3.90. The number of tetrazole rings is 1. The van der Waals surface area contributed by atoms with Crippen LogP contribution < -0.4 is 10.1 Å². The van der Waals surface area contributed by atoms with E-state index in [0.29, 0.717) is 15.9 Å². The van der Waals surface area contributed by atoms with Crippen molar-refractivity contribution in [1.82, 2.24) is 25.5 Å². The third-order valence-corrected chi connectivity index (χ3v) is 5.25. The Hall–Kier alpha value is -2.58. The Morgan fingerprint density at radius 1 is 1.29 bits per heavy atom. The Kier molecular flexibility index (Phi) is 6.53. The molecule has 0 aliphatic rings. The molecule has 146 valence electrons. The molecule has 28 heavy (non-hydrogen) atoms. The first-order valence-corrected chi connectivity index (χ1v) is 9.95. The van der Waals surface area contributed by atoms with Gasteiger partial charge in [-0.15, -0.1) is 5.10 Å². The third kappa shape index (κ3) is 4.82. The van der Waals surface area contributed by atoms with E-state index in [-0.39, 0.29) is 17.7 Å². The number of carbonyl (C=O) groups is 1. The molecule has 1 heterocycles. The van der Waals surface area contributed by atoms with E-state index in [4.69, 9.17) is 16.3 Å². The Morgan fingerprint density at radius 2 is 2.04 bits per heavy atom. The van der Waals surface area contributed by atoms with Gasteiger partial charge in [0.1, 0.15) is 11.4 Å². The molecule has 0 aliphatic heterocycles. The van der Waals surface area contributed by atoms with Crippen LogP contribution in [0.5, 0.6) is 5.75 Å². The van der Waals surface area contributed by atoms with Gasteiger partial charge in [-0.3, -0.25) is 4.79 Å². The molecule has 7 nitrogen and oxygen atoms in total. The number of nitrogens with one attached hydrogen (secondary N) is 1. The summed E-state index contributed by atoms with van der Waals surface area (Å²) in [5.74, 6) is 0.727. The molecule has 0 fully saturated rings. The fraction of sp³-hybridized carbons (Fsp3) is 0.263. The van der Waals surface area contributed by atoms with E-state index in [1.54, 1.807) is 23.9 Å². The van der Waals surface area contributed by atoms with Gasteiger partial charge in [-0.05, 0) is 59.7 Å². The van der Waals surface area contributed by atoms with E-state index in [9.17, 15) is 4.79 Å². The van der Waals surface area contributed by atoms with Crippen LogP contribution in [-0.2, 0) is 4.79 Å². The van der Waals surface area contributed by atoms with Crippen LogP contribution in [-0.4, -0.2) is 39.0 Å². The average Bonchev–Trinajstić information content (AvgIpc) is 3.15. The Morgan fingerprint density at radius 3 is 2.75 bits per heavy atom. The van der Waals surface area contributed by atoms with Crippen molar-refractivity contribution in [1.29, 1.82) is 0 Å². The van der Waals surface area contributed by atoms with Crippen molar-refractivity contribution >= 4 is 29.3 Å². The summed E-state index contributed by atoms with van der Waals surface area (Å²) in [5.41, 5.74) is 2.76. The van der Waals surface area contributed by atoms with Crippen LogP contribution in [0.4, 0.5) is 0 Å². The standard InChI is InChI=1S/C19H20ClN5O2S/c1-12-4-9-17(27-3)16(10-12)25-19(22-23-24-25)28-11-18(26)21-13(2)14-5-7-15(20)8-6-14/h4-10,13H,11H2,1-3H3,(H,21,26)/t13-/m1/s1. The maximum atomic E-state index is 12.4. The lowest BCUT2D eigenvalue weighted by Gasteiger charge is -2.14. The summed E-state index contributed by atoms with van der Waals surface area (Å²) in [4.78, 5) is 12.4. The van der Waals surface area contributed by atoms with Crippen molar-refractivity contribution in [3.63, 3.8) is 0 Å². The molecular weight excluding hydrogens is 398 g/mol. The van der Waals surface area contributed by atoms with Crippen LogP contribution in [0.3, 0.4) is 0 Å². The van der Waals surface area contributed by atoms with Crippen molar-refractivity contribution in [2.24, 2.45) is 0 Å². The van der Waals surface area contributed by atoms with E-state index in [2.05, 4.69) is 20.8 Å². The number of amides is 1. The molecule has 3 rings (SSSR count). The molecule has 0 spiro atoms. The molecule has 2 aromatic carbocycles. The Bertz CT molecular complexity index is 961. The number of benzene rings is 2. The lowest BCUT2D eigenvalue weighted by Crippen LogP contribution is -2.28. The highest BCUT2D eigenvalue weighted by atomic mass is 35.5. The van der Waals surface area contributed by atoms with Gasteiger partial charge in [-0.1, -0.05) is 41.6 Å². The number of hydrogen-bond acceptors (Lipinski definition) is 6. The second kappa shape index (κ2) is 9.07. The van der Waals surface area contributed by atoms with Crippen LogP contribution in [0, 0.1) is 6.92 Å². The van der Waals surface area contributed by atoms with E-state index in [1.165, 1.54) is 11.8 Å². The van der Waals surface area contributed by atoms with Gasteiger partial charge in [-0.2, -0.15) is 4.68 Å². The molecule has 0 radical (unpaired) electrons. The summed E-state index contributed by atoms with van der Waals surface area (Å²) in [6.07, 6.45) is 0. The third-order valence-electron chi connectivity index (χ3n) is 4.08. The van der Waals surface area contributed by atoms with Gasteiger partial charge in [0.25, 0.3) is 0 Å². The van der Waals surface area contributed by atoms with E-state index >= 15 is 0 Å². The minimum atomic E-state index is -0.127. The lowest BCUT2D eigenvalue weighted by molar-refractivity contribution is -0.119. The second-order valence-corrected chi connectivity index (χ2v) is 7.56. The lowest BCUT2D eigenvalue weighted by atomic mass is 10.1. The summed E-state index contributed by atoms with van der Waals surface area (Å²) < 4.78 is 6.98. The van der Waals surface area contributed by atoms with Crippen molar-refractivity contribution in [3.8, 4) is 11.4 Å². The second-order valence-electron chi connectivity index (χ2n) is 6.18. The number of ether oxygens (including phenoxy) is 1. The van der Waals surface area contributed by atoms with Gasteiger partial charge in [0.05, 0.1) is 18.9 Å². The first kappa shape index (κ1) is 20.2. The van der Waals surface area contributed by atoms with Gasteiger partial charge in [-0.25, -0.2) is 0 Å². The number of aromatic nitrogens is 4. The number of hydrogen-bond donors (Lipinski definition) is 1. The van der Waals surface area contributed by atoms with Crippen molar-refractivity contribution in [2.45, 2.75) is 25.0 Å². The van der Waals surface area contributed by atoms with Gasteiger partial charge < -0.3 is 10.1 Å². The van der Waals surface area contributed by atoms with Crippen LogP contribution in [0.2, 0.25) is 5.02 Å². The Labute approximate surface area is 172 Å². The topological polar surface area (TPSA) is 81.9 Å². The highest BCUT2D eigenvalue weighted by Crippen LogP contribution is 2.27. The summed E-state index contributed by atoms with van der Waals surface area (Å²) >= 11 is 7.16. The number of aryl methyl sites for hydroxylation is 1. The predicted molar refractivity (Wildman–Crippen MR) is 109 cm³/mol.